The number of hydrogen-bond donors (Lipinski definition) is 4. The lowest BCUT2D eigenvalue weighted by Crippen LogP contribution is -2.47. The van der Waals surface area contributed by atoms with E-state index in [1.54, 1.807) is 31.2 Å². The number of amides is 2. The number of carbonyl (C=O) groups excluding carboxylic acids is 2. The molecule has 5 N–H and O–H groups in total. The Bertz CT molecular complexity index is 1430. The van der Waals surface area contributed by atoms with E-state index < -0.39 is 0 Å². The van der Waals surface area contributed by atoms with Crippen LogP contribution in [0.2, 0.25) is 0 Å². The first-order valence-electron chi connectivity index (χ1n) is 12.1. The fourth-order valence-corrected chi connectivity index (χ4v) is 5.21. The molecule has 37 heavy (non-hydrogen) atoms. The van der Waals surface area contributed by atoms with Crippen molar-refractivity contribution >= 4 is 34.8 Å². The number of nitrogen functional groups attached to an aromatic ring is 1. The summed E-state index contributed by atoms with van der Waals surface area (Å²) in [6.45, 7) is 2.37. The topological polar surface area (TPSA) is 137 Å². The zero-order valence-corrected chi connectivity index (χ0v) is 20.4. The van der Waals surface area contributed by atoms with Crippen LogP contribution in [0.15, 0.2) is 60.9 Å². The number of nitrogens with two attached hydrogens (primary N) is 1. The van der Waals surface area contributed by atoms with Crippen LogP contribution in [0.1, 0.15) is 41.3 Å². The molecule has 1 saturated carbocycles. The van der Waals surface area contributed by atoms with Crippen molar-refractivity contribution in [3.63, 3.8) is 0 Å². The van der Waals surface area contributed by atoms with Gasteiger partial charge in [-0.05, 0) is 55.9 Å². The minimum absolute atomic E-state index is 0.00147. The normalized spacial score (nSPS) is 19.6. The summed E-state index contributed by atoms with van der Waals surface area (Å²) < 4.78 is 0. The number of fused-ring (bicyclic) bond motifs is 2. The van der Waals surface area contributed by atoms with Crippen LogP contribution in [0.5, 0.6) is 0 Å². The maximum absolute atomic E-state index is 12.8. The van der Waals surface area contributed by atoms with Crippen LogP contribution in [0.25, 0.3) is 0 Å². The van der Waals surface area contributed by atoms with E-state index in [0.29, 0.717) is 40.7 Å². The predicted molar refractivity (Wildman–Crippen MR) is 142 cm³/mol. The Morgan fingerprint density at radius 2 is 1.86 bits per heavy atom. The van der Waals surface area contributed by atoms with Crippen molar-refractivity contribution in [2.75, 3.05) is 22.9 Å². The van der Waals surface area contributed by atoms with Gasteiger partial charge in [0.05, 0.1) is 17.3 Å². The largest absolute Gasteiger partial charge is 0.383 e. The lowest BCUT2D eigenvalue weighted by Gasteiger charge is -2.33. The second kappa shape index (κ2) is 10.1. The van der Waals surface area contributed by atoms with E-state index in [9.17, 15) is 9.59 Å². The van der Waals surface area contributed by atoms with Crippen molar-refractivity contribution in [3.8, 4) is 11.8 Å². The minimum Gasteiger partial charge on any atom is -0.383 e. The van der Waals surface area contributed by atoms with Gasteiger partial charge in [-0.25, -0.2) is 9.97 Å². The zero-order valence-electron chi connectivity index (χ0n) is 20.4. The first kappa shape index (κ1) is 24.0. The van der Waals surface area contributed by atoms with E-state index >= 15 is 0 Å². The summed E-state index contributed by atoms with van der Waals surface area (Å²) in [5.74, 6) is 5.88. The standard InChI is InChI=1S/C28H27N7O2/c1-2-7-23(36)35-15-17-12-21(22(35)13-17)34-27-24(26(30)31-16-32-27)25(29)18-8-6-9-19(14-18)28(37)33-20-10-4-3-5-11-20/h3-6,8-11,14,16-17,21-22,29H,12-13,15H2,1H3,(H,33,37)(H3,30,31,32,34). The second-order valence-electron chi connectivity index (χ2n) is 9.25. The van der Waals surface area contributed by atoms with Gasteiger partial charge in [0.25, 0.3) is 11.8 Å². The van der Waals surface area contributed by atoms with Crippen molar-refractivity contribution < 1.29 is 9.59 Å². The highest BCUT2D eigenvalue weighted by Gasteiger charge is 2.47. The number of carbonyl (C=O) groups is 2. The van der Waals surface area contributed by atoms with Crippen molar-refractivity contribution in [1.82, 2.24) is 14.9 Å². The molecule has 1 saturated heterocycles. The molecule has 0 radical (unpaired) electrons. The molecule has 3 unspecified atom stereocenters. The molecular formula is C28H27N7O2. The number of aromatic nitrogens is 2. The number of anilines is 3. The Morgan fingerprint density at radius 3 is 2.62 bits per heavy atom. The van der Waals surface area contributed by atoms with Gasteiger partial charge in [0, 0.05) is 29.4 Å². The smallest absolute Gasteiger partial charge is 0.298 e. The van der Waals surface area contributed by atoms with Gasteiger partial charge in [-0.2, -0.15) is 0 Å². The van der Waals surface area contributed by atoms with Crippen LogP contribution < -0.4 is 16.4 Å². The fraction of sp³-hybridized carbons (Fsp3) is 0.250. The maximum atomic E-state index is 12.8. The fourth-order valence-electron chi connectivity index (χ4n) is 5.21. The molecule has 3 aromatic rings. The summed E-state index contributed by atoms with van der Waals surface area (Å²) >= 11 is 0. The van der Waals surface area contributed by atoms with Crippen LogP contribution in [0.4, 0.5) is 17.3 Å². The monoisotopic (exact) mass is 493 g/mol. The molecule has 2 aromatic carbocycles. The number of para-hydroxylation sites is 1. The maximum Gasteiger partial charge on any atom is 0.298 e. The van der Waals surface area contributed by atoms with E-state index in [-0.39, 0.29) is 35.4 Å². The van der Waals surface area contributed by atoms with Gasteiger partial charge in [-0.15, -0.1) is 0 Å². The average Bonchev–Trinajstić information content (AvgIpc) is 3.50. The molecular weight excluding hydrogens is 466 g/mol. The molecule has 2 fully saturated rings. The molecule has 2 bridgehead atoms. The number of nitrogens with zero attached hydrogens (tertiary/aromatic N) is 3. The average molecular weight is 494 g/mol. The minimum atomic E-state index is -0.279. The highest BCUT2D eigenvalue weighted by atomic mass is 16.2. The molecule has 2 amide bonds. The second-order valence-corrected chi connectivity index (χ2v) is 9.25. The highest BCUT2D eigenvalue weighted by molar-refractivity contribution is 6.17. The van der Waals surface area contributed by atoms with Crippen molar-refractivity contribution in [2.24, 2.45) is 5.92 Å². The molecule has 3 atom stereocenters. The summed E-state index contributed by atoms with van der Waals surface area (Å²) in [4.78, 5) is 35.6. The predicted octanol–water partition coefficient (Wildman–Crippen LogP) is 3.15. The summed E-state index contributed by atoms with van der Waals surface area (Å²) in [5.41, 5.74) is 8.29. The Kier molecular flexibility index (Phi) is 6.56. The van der Waals surface area contributed by atoms with Crippen molar-refractivity contribution in [3.05, 3.63) is 77.6 Å². The number of benzene rings is 2. The third-order valence-corrected chi connectivity index (χ3v) is 6.87. The molecule has 2 aliphatic rings. The lowest BCUT2D eigenvalue weighted by atomic mass is 9.99. The third kappa shape index (κ3) is 4.86. The molecule has 5 rings (SSSR count). The molecule has 1 aliphatic heterocycles. The van der Waals surface area contributed by atoms with Crippen molar-refractivity contribution in [2.45, 2.75) is 31.8 Å². The molecule has 2 heterocycles. The van der Waals surface area contributed by atoms with Crippen LogP contribution in [0.3, 0.4) is 0 Å². The van der Waals surface area contributed by atoms with E-state index in [0.717, 1.165) is 12.8 Å². The zero-order chi connectivity index (χ0) is 25.9. The molecule has 9 heteroatoms. The van der Waals surface area contributed by atoms with Gasteiger partial charge in [0.2, 0.25) is 0 Å². The number of rotatable bonds is 6. The molecule has 186 valence electrons. The number of piperidine rings is 1. The van der Waals surface area contributed by atoms with Gasteiger partial charge in [0.15, 0.2) is 0 Å². The van der Waals surface area contributed by atoms with Gasteiger partial charge < -0.3 is 21.3 Å². The number of likely N-dealkylation sites (tertiary alicyclic amines) is 1. The van der Waals surface area contributed by atoms with Crippen LogP contribution in [-0.2, 0) is 4.79 Å². The van der Waals surface area contributed by atoms with Gasteiger partial charge in [-0.1, -0.05) is 36.3 Å². The van der Waals surface area contributed by atoms with E-state index in [1.165, 1.54) is 6.33 Å². The Hall–Kier alpha value is -4.71. The Labute approximate surface area is 215 Å². The van der Waals surface area contributed by atoms with Crippen LogP contribution in [0, 0.1) is 23.2 Å². The molecule has 1 aromatic heterocycles. The number of nitrogens with one attached hydrogen (secondary N) is 3. The highest BCUT2D eigenvalue weighted by Crippen LogP contribution is 2.39. The summed E-state index contributed by atoms with van der Waals surface area (Å²) in [5, 5.41) is 15.2. The molecule has 1 aliphatic carbocycles. The van der Waals surface area contributed by atoms with Gasteiger partial charge in [-0.3, -0.25) is 15.0 Å². The quantitative estimate of drug-likeness (QED) is 0.308. The molecule has 9 nitrogen and oxygen atoms in total. The Balaban J connectivity index is 1.38. The van der Waals surface area contributed by atoms with E-state index in [1.807, 2.05) is 35.2 Å². The Morgan fingerprint density at radius 1 is 1.08 bits per heavy atom. The van der Waals surface area contributed by atoms with Crippen molar-refractivity contribution in [1.29, 1.82) is 5.41 Å². The number of hydrogen-bond acceptors (Lipinski definition) is 7. The van der Waals surface area contributed by atoms with Gasteiger partial charge >= 0.3 is 0 Å². The van der Waals surface area contributed by atoms with Crippen LogP contribution in [-0.4, -0.2) is 51.0 Å². The van der Waals surface area contributed by atoms with Crippen LogP contribution >= 0.6 is 0 Å². The summed E-state index contributed by atoms with van der Waals surface area (Å²) in [6.07, 6.45) is 3.15. The third-order valence-electron chi connectivity index (χ3n) is 6.87. The molecule has 0 spiro atoms. The van der Waals surface area contributed by atoms with E-state index in [4.69, 9.17) is 11.1 Å². The first-order valence-corrected chi connectivity index (χ1v) is 12.1. The van der Waals surface area contributed by atoms with Gasteiger partial charge in [0.1, 0.15) is 18.0 Å². The van der Waals surface area contributed by atoms with E-state index in [2.05, 4.69) is 32.4 Å². The summed E-state index contributed by atoms with van der Waals surface area (Å²) in [6, 6.07) is 16.0. The SMILES string of the molecule is CC#CC(=O)N1CC2CC(Nc3ncnc(N)c3C(=N)c3cccc(C(=O)Nc4ccccc4)c3)C1C2. The first-order chi connectivity index (χ1) is 17.9. The summed E-state index contributed by atoms with van der Waals surface area (Å²) in [7, 11) is 0. The lowest BCUT2D eigenvalue weighted by molar-refractivity contribution is -0.126.